The second-order valence-corrected chi connectivity index (χ2v) is 7.23. The lowest BCUT2D eigenvalue weighted by Gasteiger charge is -2.31. The minimum absolute atomic E-state index is 0.0393. The molecule has 160 valence electrons. The molecule has 1 atom stereocenters. The number of amides is 2. The fourth-order valence-electron chi connectivity index (χ4n) is 3.50. The summed E-state index contributed by atoms with van der Waals surface area (Å²) >= 11 is 0. The number of aromatic nitrogens is 2. The SMILES string of the molecule is CCOC(=O)c1cnn(C)c1NC(=O)CN1CCCC(C(=O)Nc2ccccc2)C1. The average Bonchev–Trinajstić information content (AvgIpc) is 3.09. The summed E-state index contributed by atoms with van der Waals surface area (Å²) in [6.45, 7) is 3.32. The fourth-order valence-corrected chi connectivity index (χ4v) is 3.50. The lowest BCUT2D eigenvalue weighted by atomic mass is 9.97. The highest BCUT2D eigenvalue weighted by Crippen LogP contribution is 2.20. The van der Waals surface area contributed by atoms with E-state index in [9.17, 15) is 14.4 Å². The van der Waals surface area contributed by atoms with Gasteiger partial charge in [0.2, 0.25) is 11.8 Å². The molecule has 1 aliphatic heterocycles. The number of esters is 1. The zero-order chi connectivity index (χ0) is 21.5. The summed E-state index contributed by atoms with van der Waals surface area (Å²) in [6.07, 6.45) is 2.99. The van der Waals surface area contributed by atoms with E-state index in [0.29, 0.717) is 12.4 Å². The Balaban J connectivity index is 1.56. The molecule has 2 amide bonds. The summed E-state index contributed by atoms with van der Waals surface area (Å²) in [4.78, 5) is 39.2. The fraction of sp³-hybridized carbons (Fsp3) is 0.429. The number of carbonyl (C=O) groups is 3. The van der Waals surface area contributed by atoms with Crippen LogP contribution in [-0.2, 0) is 21.4 Å². The number of benzene rings is 1. The van der Waals surface area contributed by atoms with Crippen LogP contribution in [0.5, 0.6) is 0 Å². The second kappa shape index (κ2) is 10.0. The molecule has 0 radical (unpaired) electrons. The van der Waals surface area contributed by atoms with Crippen molar-refractivity contribution in [2.24, 2.45) is 13.0 Å². The number of piperidine rings is 1. The van der Waals surface area contributed by atoms with E-state index in [2.05, 4.69) is 15.7 Å². The first-order chi connectivity index (χ1) is 14.5. The van der Waals surface area contributed by atoms with Crippen LogP contribution in [0.2, 0.25) is 0 Å². The predicted octanol–water partition coefficient (Wildman–Crippen LogP) is 1.89. The zero-order valence-corrected chi connectivity index (χ0v) is 17.3. The van der Waals surface area contributed by atoms with Gasteiger partial charge in [0, 0.05) is 19.3 Å². The van der Waals surface area contributed by atoms with Crippen LogP contribution in [0.3, 0.4) is 0 Å². The second-order valence-electron chi connectivity index (χ2n) is 7.23. The monoisotopic (exact) mass is 413 g/mol. The van der Waals surface area contributed by atoms with Crippen molar-refractivity contribution in [1.29, 1.82) is 0 Å². The molecule has 1 aliphatic rings. The molecule has 2 heterocycles. The van der Waals surface area contributed by atoms with Gasteiger partial charge in [-0.3, -0.25) is 19.2 Å². The van der Waals surface area contributed by atoms with Crippen molar-refractivity contribution in [3.05, 3.63) is 42.1 Å². The number of nitrogens with one attached hydrogen (secondary N) is 2. The van der Waals surface area contributed by atoms with Crippen LogP contribution >= 0.6 is 0 Å². The highest BCUT2D eigenvalue weighted by atomic mass is 16.5. The molecule has 30 heavy (non-hydrogen) atoms. The summed E-state index contributed by atoms with van der Waals surface area (Å²) in [5.74, 6) is -0.722. The molecule has 1 saturated heterocycles. The van der Waals surface area contributed by atoms with E-state index >= 15 is 0 Å². The van der Waals surface area contributed by atoms with E-state index in [0.717, 1.165) is 25.1 Å². The Kier molecular flexibility index (Phi) is 7.18. The normalized spacial score (nSPS) is 16.7. The van der Waals surface area contributed by atoms with Crippen LogP contribution in [0.1, 0.15) is 30.1 Å². The molecule has 1 aromatic heterocycles. The molecule has 0 saturated carbocycles. The van der Waals surface area contributed by atoms with E-state index < -0.39 is 5.97 Å². The van der Waals surface area contributed by atoms with Gasteiger partial charge < -0.3 is 15.4 Å². The molecule has 9 heteroatoms. The van der Waals surface area contributed by atoms with E-state index in [1.807, 2.05) is 35.2 Å². The lowest BCUT2D eigenvalue weighted by molar-refractivity contribution is -0.123. The Morgan fingerprint density at radius 3 is 2.70 bits per heavy atom. The maximum Gasteiger partial charge on any atom is 0.343 e. The van der Waals surface area contributed by atoms with Gasteiger partial charge in [0.05, 0.1) is 25.3 Å². The minimum Gasteiger partial charge on any atom is -0.462 e. The number of nitrogens with zero attached hydrogens (tertiary/aromatic N) is 3. The first-order valence-electron chi connectivity index (χ1n) is 10.0. The number of carbonyl (C=O) groups excluding carboxylic acids is 3. The molecule has 1 unspecified atom stereocenters. The maximum absolute atomic E-state index is 12.6. The number of likely N-dealkylation sites (tertiary alicyclic amines) is 1. The van der Waals surface area contributed by atoms with Gasteiger partial charge in [0.1, 0.15) is 11.4 Å². The van der Waals surface area contributed by atoms with E-state index in [1.165, 1.54) is 10.9 Å². The van der Waals surface area contributed by atoms with Crippen LogP contribution in [0.25, 0.3) is 0 Å². The van der Waals surface area contributed by atoms with Gasteiger partial charge >= 0.3 is 5.97 Å². The summed E-state index contributed by atoms with van der Waals surface area (Å²) in [6, 6.07) is 9.33. The maximum atomic E-state index is 12.6. The van der Waals surface area contributed by atoms with Crippen molar-refractivity contribution >= 4 is 29.3 Å². The van der Waals surface area contributed by atoms with Crippen LogP contribution in [0, 0.1) is 5.92 Å². The van der Waals surface area contributed by atoms with Crippen molar-refractivity contribution in [2.75, 3.05) is 36.9 Å². The summed E-state index contributed by atoms with van der Waals surface area (Å²) < 4.78 is 6.43. The summed E-state index contributed by atoms with van der Waals surface area (Å²) in [5.41, 5.74) is 0.978. The Hall–Kier alpha value is -3.20. The molecule has 0 spiro atoms. The van der Waals surface area contributed by atoms with Crippen molar-refractivity contribution < 1.29 is 19.1 Å². The van der Waals surface area contributed by atoms with Gasteiger partial charge in [-0.15, -0.1) is 0 Å². The van der Waals surface area contributed by atoms with Gasteiger partial charge in [0.15, 0.2) is 0 Å². The minimum atomic E-state index is -0.531. The van der Waals surface area contributed by atoms with Gasteiger partial charge in [0.25, 0.3) is 0 Å². The first kappa shape index (κ1) is 21.5. The topological polar surface area (TPSA) is 106 Å². The first-order valence-corrected chi connectivity index (χ1v) is 10.0. The number of hydrogen-bond donors (Lipinski definition) is 2. The van der Waals surface area contributed by atoms with Crippen LogP contribution in [0.15, 0.2) is 36.5 Å². The van der Waals surface area contributed by atoms with Gasteiger partial charge in [-0.2, -0.15) is 5.10 Å². The lowest BCUT2D eigenvalue weighted by Crippen LogP contribution is -2.44. The molecule has 0 aliphatic carbocycles. The molecule has 1 aromatic carbocycles. The summed E-state index contributed by atoms with van der Waals surface area (Å²) in [7, 11) is 1.64. The van der Waals surface area contributed by atoms with E-state index in [-0.39, 0.29) is 36.4 Å². The molecule has 3 rings (SSSR count). The molecule has 9 nitrogen and oxygen atoms in total. The third-order valence-corrected chi connectivity index (χ3v) is 4.98. The Morgan fingerprint density at radius 1 is 1.20 bits per heavy atom. The number of para-hydroxylation sites is 1. The predicted molar refractivity (Wildman–Crippen MR) is 112 cm³/mol. The third-order valence-electron chi connectivity index (χ3n) is 4.98. The molecule has 1 fully saturated rings. The van der Waals surface area contributed by atoms with Crippen LogP contribution < -0.4 is 10.6 Å². The van der Waals surface area contributed by atoms with Crippen LogP contribution in [0.4, 0.5) is 11.5 Å². The van der Waals surface area contributed by atoms with Crippen molar-refractivity contribution in [2.45, 2.75) is 19.8 Å². The third kappa shape index (κ3) is 5.44. The zero-order valence-electron chi connectivity index (χ0n) is 17.3. The average molecular weight is 413 g/mol. The molecule has 2 N–H and O–H groups in total. The highest BCUT2D eigenvalue weighted by molar-refractivity contribution is 6.00. The number of anilines is 2. The highest BCUT2D eigenvalue weighted by Gasteiger charge is 2.27. The molecular weight excluding hydrogens is 386 g/mol. The number of hydrogen-bond acceptors (Lipinski definition) is 6. The Bertz CT molecular complexity index is 896. The Labute approximate surface area is 175 Å². The molecule has 0 bridgehead atoms. The van der Waals surface area contributed by atoms with Crippen LogP contribution in [-0.4, -0.2) is 58.7 Å². The smallest absolute Gasteiger partial charge is 0.343 e. The number of aryl methyl sites for hydroxylation is 1. The Morgan fingerprint density at radius 2 is 1.97 bits per heavy atom. The molecule has 2 aromatic rings. The van der Waals surface area contributed by atoms with E-state index in [4.69, 9.17) is 4.74 Å². The number of rotatable bonds is 7. The standard InChI is InChI=1S/C21H27N5O4/c1-3-30-21(29)17-12-22-25(2)19(17)24-18(27)14-26-11-7-8-15(13-26)20(28)23-16-9-5-4-6-10-16/h4-6,9-10,12,15H,3,7-8,11,13-14H2,1-2H3,(H,23,28)(H,24,27). The molecular formula is C21H27N5O4. The van der Waals surface area contributed by atoms with E-state index in [1.54, 1.807) is 14.0 Å². The van der Waals surface area contributed by atoms with Gasteiger partial charge in [-0.1, -0.05) is 18.2 Å². The number of ether oxygens (including phenoxy) is 1. The summed E-state index contributed by atoms with van der Waals surface area (Å²) in [5, 5.41) is 9.71. The quantitative estimate of drug-likeness (QED) is 0.672. The van der Waals surface area contributed by atoms with Gasteiger partial charge in [-0.05, 0) is 38.4 Å². The van der Waals surface area contributed by atoms with Gasteiger partial charge in [-0.25, -0.2) is 4.79 Å². The largest absolute Gasteiger partial charge is 0.462 e. The van der Waals surface area contributed by atoms with Crippen molar-refractivity contribution in [1.82, 2.24) is 14.7 Å². The van der Waals surface area contributed by atoms with Crippen molar-refractivity contribution in [3.8, 4) is 0 Å². The van der Waals surface area contributed by atoms with Crippen molar-refractivity contribution in [3.63, 3.8) is 0 Å².